The molecule has 7 nitrogen and oxygen atoms in total. The molecule has 1 aliphatic heterocycles. The van der Waals surface area contributed by atoms with Crippen LogP contribution in [0.3, 0.4) is 0 Å². The monoisotopic (exact) mass is 489 g/mol. The Morgan fingerprint density at radius 1 is 1.03 bits per heavy atom. The Hall–Kier alpha value is -3.39. The number of hydrogen-bond acceptors (Lipinski definition) is 6. The van der Waals surface area contributed by atoms with E-state index in [-0.39, 0.29) is 5.91 Å². The van der Waals surface area contributed by atoms with Crippen molar-refractivity contribution < 1.29 is 9.53 Å². The molecule has 182 valence electrons. The minimum atomic E-state index is 0.202. The van der Waals surface area contributed by atoms with Crippen molar-refractivity contribution >= 4 is 32.7 Å². The van der Waals surface area contributed by atoms with Gasteiger partial charge < -0.3 is 14.5 Å². The lowest BCUT2D eigenvalue weighted by Crippen LogP contribution is -2.35. The first kappa shape index (κ1) is 23.4. The van der Waals surface area contributed by atoms with Crippen molar-refractivity contribution in [3.05, 3.63) is 65.4 Å². The topological polar surface area (TPSA) is 63.5 Å². The van der Waals surface area contributed by atoms with Gasteiger partial charge in [0.25, 0.3) is 0 Å². The number of thiazole rings is 1. The molecule has 0 aliphatic carbocycles. The summed E-state index contributed by atoms with van der Waals surface area (Å²) in [6.45, 7) is 7.29. The Bertz CT molecular complexity index is 1330. The van der Waals surface area contributed by atoms with Crippen LogP contribution in [0.4, 0.5) is 5.13 Å². The van der Waals surface area contributed by atoms with Gasteiger partial charge in [0.05, 0.1) is 23.2 Å². The molecule has 0 N–H and O–H groups in total. The van der Waals surface area contributed by atoms with Crippen molar-refractivity contribution in [2.24, 2.45) is 0 Å². The highest BCUT2D eigenvalue weighted by Gasteiger charge is 2.23. The summed E-state index contributed by atoms with van der Waals surface area (Å²) in [6.07, 6.45) is 2.11. The summed E-state index contributed by atoms with van der Waals surface area (Å²) in [5.41, 5.74) is 5.22. The molecule has 0 saturated carbocycles. The van der Waals surface area contributed by atoms with Gasteiger partial charge in [0, 0.05) is 32.6 Å². The number of fused-ring (bicyclic) bond motifs is 1. The number of aromatic nitrogens is 3. The van der Waals surface area contributed by atoms with E-state index in [4.69, 9.17) is 14.8 Å². The first-order valence-corrected chi connectivity index (χ1v) is 12.9. The van der Waals surface area contributed by atoms with Crippen LogP contribution in [0.1, 0.15) is 29.7 Å². The number of nitrogens with zero attached hydrogens (tertiary/aromatic N) is 5. The van der Waals surface area contributed by atoms with Gasteiger partial charge in [0.2, 0.25) is 5.91 Å². The first-order chi connectivity index (χ1) is 17.0. The maximum Gasteiger partial charge on any atom is 0.222 e. The molecule has 2 aromatic carbocycles. The predicted molar refractivity (Wildman–Crippen MR) is 141 cm³/mol. The summed E-state index contributed by atoms with van der Waals surface area (Å²) in [5.74, 6) is 1.05. The first-order valence-electron chi connectivity index (χ1n) is 12.1. The highest BCUT2D eigenvalue weighted by Crippen LogP contribution is 2.33. The molecule has 1 saturated heterocycles. The molecule has 5 rings (SSSR count). The fourth-order valence-corrected chi connectivity index (χ4v) is 5.63. The molecular formula is C27H31N5O2S. The zero-order valence-electron chi connectivity index (χ0n) is 20.5. The van der Waals surface area contributed by atoms with Crippen LogP contribution in [0, 0.1) is 13.8 Å². The van der Waals surface area contributed by atoms with E-state index in [9.17, 15) is 4.79 Å². The Balaban J connectivity index is 1.27. The summed E-state index contributed by atoms with van der Waals surface area (Å²) in [7, 11) is 1.67. The summed E-state index contributed by atoms with van der Waals surface area (Å²) in [6, 6.07) is 16.3. The van der Waals surface area contributed by atoms with Crippen molar-refractivity contribution in [3.8, 4) is 11.4 Å². The van der Waals surface area contributed by atoms with Crippen LogP contribution < -0.4 is 9.64 Å². The van der Waals surface area contributed by atoms with Crippen LogP contribution in [-0.2, 0) is 11.2 Å². The standard InChI is InChI=1S/C27H31N5O2S/c1-19-9-12-22(13-10-19)32-26-25(20(2)29-32)35-27(28-26)31-16-6-15-30(17-18-31)24(33)14-11-21-7-4-5-8-23(21)34-3/h4-5,7-10,12-13H,6,11,14-18H2,1-3H3. The predicted octanol–water partition coefficient (Wildman–Crippen LogP) is 4.78. The number of benzene rings is 2. The molecule has 1 amide bonds. The van der Waals surface area contributed by atoms with Crippen molar-refractivity contribution in [2.45, 2.75) is 33.1 Å². The summed E-state index contributed by atoms with van der Waals surface area (Å²) in [4.78, 5) is 22.3. The fraction of sp³-hybridized carbons (Fsp3) is 0.370. The van der Waals surface area contributed by atoms with Crippen molar-refractivity contribution in [1.82, 2.24) is 19.7 Å². The molecule has 0 unspecified atom stereocenters. The van der Waals surface area contributed by atoms with E-state index in [2.05, 4.69) is 36.1 Å². The highest BCUT2D eigenvalue weighted by molar-refractivity contribution is 7.22. The number of rotatable bonds is 6. The van der Waals surface area contributed by atoms with E-state index in [0.717, 1.165) is 64.2 Å². The second-order valence-corrected chi connectivity index (χ2v) is 9.99. The van der Waals surface area contributed by atoms with E-state index in [1.165, 1.54) is 5.56 Å². The van der Waals surface area contributed by atoms with E-state index >= 15 is 0 Å². The highest BCUT2D eigenvalue weighted by atomic mass is 32.1. The molecular weight excluding hydrogens is 458 g/mol. The van der Waals surface area contributed by atoms with Crippen LogP contribution in [0.25, 0.3) is 16.0 Å². The van der Waals surface area contributed by atoms with Crippen LogP contribution in [0.15, 0.2) is 48.5 Å². The number of carbonyl (C=O) groups is 1. The Morgan fingerprint density at radius 3 is 2.63 bits per heavy atom. The van der Waals surface area contributed by atoms with Gasteiger partial charge in [0.1, 0.15) is 5.75 Å². The average Bonchev–Trinajstić information content (AvgIpc) is 3.33. The maximum absolute atomic E-state index is 13.0. The number of hydrogen-bond donors (Lipinski definition) is 0. The van der Waals surface area contributed by atoms with Gasteiger partial charge in [-0.15, -0.1) is 0 Å². The lowest BCUT2D eigenvalue weighted by molar-refractivity contribution is -0.130. The summed E-state index contributed by atoms with van der Waals surface area (Å²) < 4.78 is 8.49. The number of anilines is 1. The number of para-hydroxylation sites is 1. The van der Waals surface area contributed by atoms with Crippen molar-refractivity contribution in [2.75, 3.05) is 38.2 Å². The number of methoxy groups -OCH3 is 1. The summed E-state index contributed by atoms with van der Waals surface area (Å²) in [5, 5.41) is 5.74. The van der Waals surface area contributed by atoms with E-state index in [1.54, 1.807) is 18.4 Å². The Kier molecular flexibility index (Phi) is 6.72. The third-order valence-corrected chi connectivity index (χ3v) is 7.79. The smallest absolute Gasteiger partial charge is 0.222 e. The molecule has 0 spiro atoms. The molecule has 4 aromatic rings. The SMILES string of the molecule is COc1ccccc1CCC(=O)N1CCCN(c2nc3c(s2)c(C)nn3-c2ccc(C)cc2)CC1. The zero-order chi connectivity index (χ0) is 24.4. The third kappa shape index (κ3) is 4.89. The second kappa shape index (κ2) is 10.1. The number of ether oxygens (including phenoxy) is 1. The minimum Gasteiger partial charge on any atom is -0.496 e. The van der Waals surface area contributed by atoms with Crippen LogP contribution in [0.2, 0.25) is 0 Å². The largest absolute Gasteiger partial charge is 0.496 e. The Morgan fingerprint density at radius 2 is 1.83 bits per heavy atom. The van der Waals surface area contributed by atoms with Gasteiger partial charge in [-0.05, 0) is 50.5 Å². The molecule has 0 bridgehead atoms. The normalized spacial score (nSPS) is 14.4. The van der Waals surface area contributed by atoms with Gasteiger partial charge in [-0.1, -0.05) is 47.2 Å². The lowest BCUT2D eigenvalue weighted by Gasteiger charge is -2.22. The van der Waals surface area contributed by atoms with Gasteiger partial charge in [-0.25, -0.2) is 4.68 Å². The number of amides is 1. The van der Waals surface area contributed by atoms with Crippen LogP contribution >= 0.6 is 11.3 Å². The van der Waals surface area contributed by atoms with E-state index in [0.29, 0.717) is 19.4 Å². The number of aryl methyl sites for hydroxylation is 3. The van der Waals surface area contributed by atoms with E-state index < -0.39 is 0 Å². The molecule has 1 fully saturated rings. The zero-order valence-corrected chi connectivity index (χ0v) is 21.3. The molecule has 2 aromatic heterocycles. The molecule has 0 atom stereocenters. The molecule has 3 heterocycles. The minimum absolute atomic E-state index is 0.202. The average molecular weight is 490 g/mol. The Labute approximate surface area is 209 Å². The van der Waals surface area contributed by atoms with Crippen molar-refractivity contribution in [3.63, 3.8) is 0 Å². The van der Waals surface area contributed by atoms with Crippen LogP contribution in [-0.4, -0.2) is 58.9 Å². The quantitative estimate of drug-likeness (QED) is 0.390. The lowest BCUT2D eigenvalue weighted by atomic mass is 10.1. The van der Waals surface area contributed by atoms with Gasteiger partial charge >= 0.3 is 0 Å². The van der Waals surface area contributed by atoms with E-state index in [1.807, 2.05) is 40.8 Å². The molecule has 8 heteroatoms. The number of carbonyl (C=O) groups excluding carboxylic acids is 1. The fourth-order valence-electron chi connectivity index (χ4n) is 4.59. The molecule has 1 aliphatic rings. The van der Waals surface area contributed by atoms with Gasteiger partial charge in [0.15, 0.2) is 10.8 Å². The third-order valence-electron chi connectivity index (χ3n) is 6.58. The second-order valence-electron chi connectivity index (χ2n) is 9.02. The molecule has 35 heavy (non-hydrogen) atoms. The van der Waals surface area contributed by atoms with Crippen molar-refractivity contribution in [1.29, 1.82) is 0 Å². The summed E-state index contributed by atoms with van der Waals surface area (Å²) >= 11 is 1.69. The molecule has 0 radical (unpaired) electrons. The van der Waals surface area contributed by atoms with Gasteiger partial charge in [-0.3, -0.25) is 4.79 Å². The van der Waals surface area contributed by atoms with Crippen LogP contribution in [0.5, 0.6) is 5.75 Å². The maximum atomic E-state index is 13.0. The van der Waals surface area contributed by atoms with Gasteiger partial charge in [-0.2, -0.15) is 10.1 Å².